The van der Waals surface area contributed by atoms with Crippen molar-refractivity contribution in [2.24, 2.45) is 5.92 Å². The molecule has 5 heteroatoms. The molecule has 1 atom stereocenters. The standard InChI is InChI=1S/C23H29N3O2/c1-17-15-19(8-9-21(17)28-2)20(18-6-7-18)16-23(27)26-13-11-25(12-14-26)22-5-3-4-10-24-22/h3-5,8-10,15,18,20H,6-7,11-14,16H2,1-2H3. The Morgan fingerprint density at radius 2 is 1.96 bits per heavy atom. The molecular formula is C23H29N3O2. The second-order valence-corrected chi connectivity index (χ2v) is 7.93. The maximum Gasteiger partial charge on any atom is 0.223 e. The van der Waals surface area contributed by atoms with Gasteiger partial charge in [0, 0.05) is 38.8 Å². The van der Waals surface area contributed by atoms with Crippen molar-refractivity contribution in [3.63, 3.8) is 0 Å². The molecule has 0 N–H and O–H groups in total. The first-order valence-corrected chi connectivity index (χ1v) is 10.2. The largest absolute Gasteiger partial charge is 0.496 e. The number of aromatic nitrogens is 1. The van der Waals surface area contributed by atoms with Crippen molar-refractivity contribution in [1.29, 1.82) is 0 Å². The van der Waals surface area contributed by atoms with Gasteiger partial charge in [0.15, 0.2) is 0 Å². The van der Waals surface area contributed by atoms with Crippen LogP contribution >= 0.6 is 0 Å². The first kappa shape index (κ1) is 18.8. The van der Waals surface area contributed by atoms with Gasteiger partial charge in [-0.15, -0.1) is 0 Å². The summed E-state index contributed by atoms with van der Waals surface area (Å²) in [7, 11) is 1.70. The number of aryl methyl sites for hydroxylation is 1. The van der Waals surface area contributed by atoms with E-state index in [2.05, 4.69) is 28.9 Å². The summed E-state index contributed by atoms with van der Waals surface area (Å²) in [6, 6.07) is 12.4. The Labute approximate surface area is 167 Å². The van der Waals surface area contributed by atoms with E-state index >= 15 is 0 Å². The fourth-order valence-electron chi connectivity index (χ4n) is 4.23. The molecule has 1 amide bonds. The highest BCUT2D eigenvalue weighted by Gasteiger charge is 2.35. The monoisotopic (exact) mass is 379 g/mol. The molecule has 148 valence electrons. The van der Waals surface area contributed by atoms with E-state index in [1.54, 1.807) is 7.11 Å². The van der Waals surface area contributed by atoms with Crippen LogP contribution in [0, 0.1) is 12.8 Å². The number of amides is 1. The van der Waals surface area contributed by atoms with Crippen molar-refractivity contribution in [2.45, 2.75) is 32.1 Å². The maximum absolute atomic E-state index is 13.0. The van der Waals surface area contributed by atoms with Gasteiger partial charge in [-0.3, -0.25) is 4.79 Å². The van der Waals surface area contributed by atoms with Gasteiger partial charge in [0.1, 0.15) is 11.6 Å². The zero-order chi connectivity index (χ0) is 19.5. The summed E-state index contributed by atoms with van der Waals surface area (Å²) in [4.78, 5) is 21.8. The first-order valence-electron chi connectivity index (χ1n) is 10.2. The van der Waals surface area contributed by atoms with Gasteiger partial charge in [0.05, 0.1) is 7.11 Å². The van der Waals surface area contributed by atoms with E-state index in [1.807, 2.05) is 35.4 Å². The van der Waals surface area contributed by atoms with Crippen LogP contribution in [0.15, 0.2) is 42.6 Å². The number of pyridine rings is 1. The van der Waals surface area contributed by atoms with Crippen molar-refractivity contribution in [2.75, 3.05) is 38.2 Å². The van der Waals surface area contributed by atoms with Crippen LogP contribution in [0.1, 0.15) is 36.3 Å². The Kier molecular flexibility index (Phi) is 5.51. The number of anilines is 1. The molecule has 1 saturated heterocycles. The summed E-state index contributed by atoms with van der Waals surface area (Å²) in [6.07, 6.45) is 4.90. The second-order valence-electron chi connectivity index (χ2n) is 7.93. The number of hydrogen-bond donors (Lipinski definition) is 0. The van der Waals surface area contributed by atoms with Gasteiger partial charge in [-0.25, -0.2) is 4.98 Å². The predicted molar refractivity (Wildman–Crippen MR) is 111 cm³/mol. The summed E-state index contributed by atoms with van der Waals surface area (Å²) < 4.78 is 5.39. The Morgan fingerprint density at radius 3 is 2.57 bits per heavy atom. The van der Waals surface area contributed by atoms with Gasteiger partial charge in [0.2, 0.25) is 5.91 Å². The van der Waals surface area contributed by atoms with E-state index in [0.29, 0.717) is 18.3 Å². The highest BCUT2D eigenvalue weighted by Crippen LogP contribution is 2.45. The van der Waals surface area contributed by atoms with Crippen LogP contribution in [0.2, 0.25) is 0 Å². The lowest BCUT2D eigenvalue weighted by Gasteiger charge is -2.36. The molecule has 0 bridgehead atoms. The molecule has 2 aliphatic rings. The number of carbonyl (C=O) groups is 1. The molecule has 0 radical (unpaired) electrons. The number of benzene rings is 1. The number of nitrogens with zero attached hydrogens (tertiary/aromatic N) is 3. The van der Waals surface area contributed by atoms with E-state index in [-0.39, 0.29) is 5.91 Å². The summed E-state index contributed by atoms with van der Waals surface area (Å²) >= 11 is 0. The van der Waals surface area contributed by atoms with Crippen LogP contribution in [0.25, 0.3) is 0 Å². The molecule has 1 aliphatic heterocycles. The van der Waals surface area contributed by atoms with Crippen molar-refractivity contribution >= 4 is 11.7 Å². The van der Waals surface area contributed by atoms with Gasteiger partial charge in [-0.05, 0) is 60.9 Å². The molecule has 1 aromatic heterocycles. The third-order valence-corrected chi connectivity index (χ3v) is 6.04. The summed E-state index contributed by atoms with van der Waals surface area (Å²) in [5, 5.41) is 0. The van der Waals surface area contributed by atoms with Crippen LogP contribution in [-0.2, 0) is 4.79 Å². The zero-order valence-electron chi connectivity index (χ0n) is 16.8. The highest BCUT2D eigenvalue weighted by atomic mass is 16.5. The zero-order valence-corrected chi connectivity index (χ0v) is 16.8. The number of carbonyl (C=O) groups excluding carboxylic acids is 1. The molecule has 1 unspecified atom stereocenters. The van der Waals surface area contributed by atoms with Gasteiger partial charge in [0.25, 0.3) is 0 Å². The van der Waals surface area contributed by atoms with Crippen LogP contribution < -0.4 is 9.64 Å². The number of ether oxygens (including phenoxy) is 1. The fourth-order valence-corrected chi connectivity index (χ4v) is 4.23. The maximum atomic E-state index is 13.0. The van der Waals surface area contributed by atoms with Crippen LogP contribution in [-0.4, -0.2) is 49.1 Å². The first-order chi connectivity index (χ1) is 13.7. The third-order valence-electron chi connectivity index (χ3n) is 6.04. The van der Waals surface area contributed by atoms with Gasteiger partial charge in [-0.2, -0.15) is 0 Å². The van der Waals surface area contributed by atoms with E-state index in [9.17, 15) is 4.79 Å². The van der Waals surface area contributed by atoms with E-state index in [0.717, 1.165) is 43.3 Å². The molecule has 1 aliphatic carbocycles. The van der Waals surface area contributed by atoms with Gasteiger partial charge >= 0.3 is 0 Å². The Bertz CT molecular complexity index is 812. The molecule has 1 aromatic carbocycles. The normalized spacial score (nSPS) is 18.1. The molecule has 2 fully saturated rings. The van der Waals surface area contributed by atoms with E-state index < -0.39 is 0 Å². The molecule has 28 heavy (non-hydrogen) atoms. The minimum Gasteiger partial charge on any atom is -0.496 e. The summed E-state index contributed by atoms with van der Waals surface area (Å²) in [6.45, 7) is 5.31. The third kappa shape index (κ3) is 4.13. The number of rotatable bonds is 6. The van der Waals surface area contributed by atoms with Crippen molar-refractivity contribution in [1.82, 2.24) is 9.88 Å². The summed E-state index contributed by atoms with van der Waals surface area (Å²) in [5.74, 6) is 3.16. The van der Waals surface area contributed by atoms with Crippen LogP contribution in [0.4, 0.5) is 5.82 Å². The average Bonchev–Trinajstić information content (AvgIpc) is 3.58. The smallest absolute Gasteiger partial charge is 0.223 e. The lowest BCUT2D eigenvalue weighted by molar-refractivity contribution is -0.132. The van der Waals surface area contributed by atoms with Gasteiger partial charge in [-0.1, -0.05) is 18.2 Å². The lowest BCUT2D eigenvalue weighted by atomic mass is 9.89. The minimum atomic E-state index is 0.283. The Hall–Kier alpha value is -2.56. The molecule has 2 aromatic rings. The molecule has 1 saturated carbocycles. The van der Waals surface area contributed by atoms with Crippen LogP contribution in [0.3, 0.4) is 0 Å². The van der Waals surface area contributed by atoms with Crippen molar-refractivity contribution in [3.8, 4) is 5.75 Å². The van der Waals surface area contributed by atoms with Crippen molar-refractivity contribution < 1.29 is 9.53 Å². The SMILES string of the molecule is COc1ccc(C(CC(=O)N2CCN(c3ccccn3)CC2)C2CC2)cc1C. The summed E-state index contributed by atoms with van der Waals surface area (Å²) in [5.41, 5.74) is 2.42. The second kappa shape index (κ2) is 8.21. The average molecular weight is 380 g/mol. The fraction of sp³-hybridized carbons (Fsp3) is 0.478. The Balaban J connectivity index is 1.39. The van der Waals surface area contributed by atoms with Crippen molar-refractivity contribution in [3.05, 3.63) is 53.7 Å². The molecule has 0 spiro atoms. The predicted octanol–water partition coefficient (Wildman–Crippen LogP) is 3.63. The van der Waals surface area contributed by atoms with E-state index in [1.165, 1.54) is 18.4 Å². The Morgan fingerprint density at radius 1 is 1.18 bits per heavy atom. The number of hydrogen-bond acceptors (Lipinski definition) is 4. The molecule has 2 heterocycles. The quantitative estimate of drug-likeness (QED) is 0.769. The topological polar surface area (TPSA) is 45.7 Å². The highest BCUT2D eigenvalue weighted by molar-refractivity contribution is 5.77. The van der Waals surface area contributed by atoms with Crippen LogP contribution in [0.5, 0.6) is 5.75 Å². The molecule has 5 nitrogen and oxygen atoms in total. The lowest BCUT2D eigenvalue weighted by Crippen LogP contribution is -2.49. The molecular weight excluding hydrogens is 350 g/mol. The molecule has 4 rings (SSSR count). The van der Waals surface area contributed by atoms with Gasteiger partial charge < -0.3 is 14.5 Å². The number of piperazine rings is 1. The number of methoxy groups -OCH3 is 1. The minimum absolute atomic E-state index is 0.283. The van der Waals surface area contributed by atoms with E-state index in [4.69, 9.17) is 4.74 Å².